The van der Waals surface area contributed by atoms with Gasteiger partial charge < -0.3 is 5.32 Å². The van der Waals surface area contributed by atoms with Crippen molar-refractivity contribution in [1.29, 1.82) is 0 Å². The van der Waals surface area contributed by atoms with Gasteiger partial charge in [0.25, 0.3) is 5.91 Å². The van der Waals surface area contributed by atoms with E-state index in [9.17, 15) is 4.79 Å². The maximum Gasteiger partial charge on any atom is 0.255 e. The standard InChI is InChI=1S/C20H22Cl2N2O/c1-14-3-2-10-24(12-14)13-15-4-6-16(7-5-15)20(25)23-19-9-8-17(21)11-18(19)22/h4-9,11,14H,2-3,10,12-13H2,1H3,(H,23,25). The Morgan fingerprint density at radius 1 is 1.20 bits per heavy atom. The highest BCUT2D eigenvalue weighted by Gasteiger charge is 2.16. The van der Waals surface area contributed by atoms with Gasteiger partial charge in [-0.3, -0.25) is 9.69 Å². The first-order valence-electron chi connectivity index (χ1n) is 8.59. The summed E-state index contributed by atoms with van der Waals surface area (Å²) >= 11 is 12.0. The van der Waals surface area contributed by atoms with Crippen molar-refractivity contribution in [2.45, 2.75) is 26.3 Å². The van der Waals surface area contributed by atoms with Crippen molar-refractivity contribution in [3.05, 3.63) is 63.6 Å². The molecule has 2 aromatic rings. The zero-order valence-electron chi connectivity index (χ0n) is 14.3. The molecule has 1 N–H and O–H groups in total. The Balaban J connectivity index is 1.62. The normalized spacial score (nSPS) is 18.1. The molecule has 25 heavy (non-hydrogen) atoms. The van der Waals surface area contributed by atoms with Gasteiger partial charge in [-0.1, -0.05) is 42.3 Å². The summed E-state index contributed by atoms with van der Waals surface area (Å²) in [6, 6.07) is 12.8. The Hall–Kier alpha value is -1.55. The molecule has 1 aliphatic rings. The van der Waals surface area contributed by atoms with E-state index in [-0.39, 0.29) is 5.91 Å². The molecule has 1 heterocycles. The van der Waals surface area contributed by atoms with Gasteiger partial charge in [-0.2, -0.15) is 0 Å². The summed E-state index contributed by atoms with van der Waals surface area (Å²) in [5.41, 5.74) is 2.40. The largest absolute Gasteiger partial charge is 0.321 e. The molecule has 2 aromatic carbocycles. The van der Waals surface area contributed by atoms with E-state index in [0.717, 1.165) is 25.6 Å². The third-order valence-corrected chi connectivity index (χ3v) is 5.09. The lowest BCUT2D eigenvalue weighted by Gasteiger charge is -2.30. The molecule has 1 saturated heterocycles. The van der Waals surface area contributed by atoms with Crippen molar-refractivity contribution in [3.8, 4) is 0 Å². The predicted octanol–water partition coefficient (Wildman–Crippen LogP) is 5.48. The first-order valence-corrected chi connectivity index (χ1v) is 9.34. The fourth-order valence-electron chi connectivity index (χ4n) is 3.24. The summed E-state index contributed by atoms with van der Waals surface area (Å²) in [6.45, 7) is 5.55. The van der Waals surface area contributed by atoms with E-state index in [2.05, 4.69) is 17.1 Å². The van der Waals surface area contributed by atoms with Crippen LogP contribution in [-0.2, 0) is 6.54 Å². The van der Waals surface area contributed by atoms with Gasteiger partial charge in [-0.15, -0.1) is 0 Å². The zero-order chi connectivity index (χ0) is 17.8. The summed E-state index contributed by atoms with van der Waals surface area (Å²) in [5, 5.41) is 3.79. The van der Waals surface area contributed by atoms with E-state index in [0.29, 0.717) is 21.3 Å². The zero-order valence-corrected chi connectivity index (χ0v) is 15.8. The topological polar surface area (TPSA) is 32.3 Å². The van der Waals surface area contributed by atoms with Crippen LogP contribution in [-0.4, -0.2) is 23.9 Å². The van der Waals surface area contributed by atoms with Crippen LogP contribution in [0.3, 0.4) is 0 Å². The van der Waals surface area contributed by atoms with Crippen LogP contribution in [0.25, 0.3) is 0 Å². The molecule has 1 fully saturated rings. The monoisotopic (exact) mass is 376 g/mol. The van der Waals surface area contributed by atoms with Gasteiger partial charge in [0.1, 0.15) is 0 Å². The lowest BCUT2D eigenvalue weighted by Crippen LogP contribution is -2.33. The van der Waals surface area contributed by atoms with E-state index in [4.69, 9.17) is 23.2 Å². The molecule has 5 heteroatoms. The van der Waals surface area contributed by atoms with Crippen molar-refractivity contribution in [2.75, 3.05) is 18.4 Å². The van der Waals surface area contributed by atoms with Gasteiger partial charge in [0, 0.05) is 23.7 Å². The van der Waals surface area contributed by atoms with E-state index in [1.807, 2.05) is 24.3 Å². The minimum atomic E-state index is -0.178. The molecule has 132 valence electrons. The third kappa shape index (κ3) is 4.97. The molecule has 0 radical (unpaired) electrons. The van der Waals surface area contributed by atoms with Crippen LogP contribution in [0.1, 0.15) is 35.7 Å². The van der Waals surface area contributed by atoms with Crippen LogP contribution in [0.15, 0.2) is 42.5 Å². The molecule has 1 aliphatic heterocycles. The minimum Gasteiger partial charge on any atom is -0.321 e. The number of carbonyl (C=O) groups excluding carboxylic acids is 1. The molecular weight excluding hydrogens is 355 g/mol. The fourth-order valence-corrected chi connectivity index (χ4v) is 3.69. The van der Waals surface area contributed by atoms with Gasteiger partial charge >= 0.3 is 0 Å². The molecule has 0 bridgehead atoms. The maximum absolute atomic E-state index is 12.4. The van der Waals surface area contributed by atoms with Crippen LogP contribution >= 0.6 is 23.2 Å². The molecular formula is C20H22Cl2N2O. The summed E-state index contributed by atoms with van der Waals surface area (Å²) in [7, 11) is 0. The summed E-state index contributed by atoms with van der Waals surface area (Å²) in [6.07, 6.45) is 2.59. The van der Waals surface area contributed by atoms with Gasteiger partial charge in [0.05, 0.1) is 10.7 Å². The molecule has 1 unspecified atom stereocenters. The average molecular weight is 377 g/mol. The Kier molecular flexibility index (Phi) is 6.00. The molecule has 3 rings (SSSR count). The first kappa shape index (κ1) is 18.2. The van der Waals surface area contributed by atoms with Crippen molar-refractivity contribution in [2.24, 2.45) is 5.92 Å². The van der Waals surface area contributed by atoms with Crippen LogP contribution in [0.5, 0.6) is 0 Å². The Bertz CT molecular complexity index is 746. The highest BCUT2D eigenvalue weighted by Crippen LogP contribution is 2.26. The highest BCUT2D eigenvalue weighted by molar-refractivity contribution is 6.36. The highest BCUT2D eigenvalue weighted by atomic mass is 35.5. The number of anilines is 1. The number of benzene rings is 2. The van der Waals surface area contributed by atoms with Crippen LogP contribution in [0, 0.1) is 5.92 Å². The van der Waals surface area contributed by atoms with Crippen molar-refractivity contribution in [3.63, 3.8) is 0 Å². The number of likely N-dealkylation sites (tertiary alicyclic amines) is 1. The number of carbonyl (C=O) groups is 1. The van der Waals surface area contributed by atoms with Crippen molar-refractivity contribution < 1.29 is 4.79 Å². The summed E-state index contributed by atoms with van der Waals surface area (Å²) in [4.78, 5) is 14.9. The van der Waals surface area contributed by atoms with E-state index in [1.165, 1.54) is 18.4 Å². The van der Waals surface area contributed by atoms with Gasteiger partial charge in [-0.05, 0) is 61.2 Å². The molecule has 0 spiro atoms. The summed E-state index contributed by atoms with van der Waals surface area (Å²) in [5.74, 6) is 0.588. The smallest absolute Gasteiger partial charge is 0.255 e. The number of halogens is 2. The first-order chi connectivity index (χ1) is 12.0. The second-order valence-electron chi connectivity index (χ2n) is 6.76. The Labute approximate surface area is 158 Å². The second-order valence-corrected chi connectivity index (χ2v) is 7.60. The lowest BCUT2D eigenvalue weighted by atomic mass is 9.99. The number of rotatable bonds is 4. The SMILES string of the molecule is CC1CCCN(Cc2ccc(C(=O)Nc3ccc(Cl)cc3Cl)cc2)C1. The van der Waals surface area contributed by atoms with Crippen LogP contribution in [0.4, 0.5) is 5.69 Å². The van der Waals surface area contributed by atoms with Crippen LogP contribution < -0.4 is 5.32 Å². The molecule has 0 aromatic heterocycles. The minimum absolute atomic E-state index is 0.178. The van der Waals surface area contributed by atoms with Gasteiger partial charge in [-0.25, -0.2) is 0 Å². The number of nitrogens with one attached hydrogen (secondary N) is 1. The Morgan fingerprint density at radius 2 is 1.96 bits per heavy atom. The molecule has 1 amide bonds. The van der Waals surface area contributed by atoms with E-state index < -0.39 is 0 Å². The van der Waals surface area contributed by atoms with E-state index >= 15 is 0 Å². The molecule has 0 saturated carbocycles. The average Bonchev–Trinajstić information content (AvgIpc) is 2.58. The molecule has 1 atom stereocenters. The van der Waals surface area contributed by atoms with Gasteiger partial charge in [0.2, 0.25) is 0 Å². The van der Waals surface area contributed by atoms with Crippen molar-refractivity contribution in [1.82, 2.24) is 4.90 Å². The Morgan fingerprint density at radius 3 is 2.64 bits per heavy atom. The number of hydrogen-bond acceptors (Lipinski definition) is 2. The lowest BCUT2D eigenvalue weighted by molar-refractivity contribution is 0.102. The quantitative estimate of drug-likeness (QED) is 0.766. The van der Waals surface area contributed by atoms with Crippen molar-refractivity contribution >= 4 is 34.8 Å². The number of nitrogens with zero attached hydrogens (tertiary/aromatic N) is 1. The third-order valence-electron chi connectivity index (χ3n) is 4.54. The number of piperidine rings is 1. The molecule has 3 nitrogen and oxygen atoms in total. The number of amides is 1. The van der Waals surface area contributed by atoms with E-state index in [1.54, 1.807) is 18.2 Å². The fraction of sp³-hybridized carbons (Fsp3) is 0.350. The summed E-state index contributed by atoms with van der Waals surface area (Å²) < 4.78 is 0. The maximum atomic E-state index is 12.4. The number of hydrogen-bond donors (Lipinski definition) is 1. The molecule has 0 aliphatic carbocycles. The second kappa shape index (κ2) is 8.22. The van der Waals surface area contributed by atoms with Gasteiger partial charge in [0.15, 0.2) is 0 Å². The van der Waals surface area contributed by atoms with Crippen LogP contribution in [0.2, 0.25) is 10.0 Å². The predicted molar refractivity (Wildman–Crippen MR) is 105 cm³/mol.